The molecule has 4 rings (SSSR count). The van der Waals surface area contributed by atoms with E-state index in [1.54, 1.807) is 0 Å². The molecule has 0 amide bonds. The smallest absolute Gasteiger partial charge is 0.354 e. The molecule has 0 fully saturated rings. The summed E-state index contributed by atoms with van der Waals surface area (Å²) in [5, 5.41) is 17.7. The van der Waals surface area contributed by atoms with E-state index < -0.39 is 29.5 Å². The van der Waals surface area contributed by atoms with E-state index in [-0.39, 0.29) is 33.9 Å². The summed E-state index contributed by atoms with van der Waals surface area (Å²) in [6, 6.07) is 9.13. The van der Waals surface area contributed by atoms with Gasteiger partial charge in [-0.15, -0.1) is 0 Å². The lowest BCUT2D eigenvalue weighted by atomic mass is 10.1. The summed E-state index contributed by atoms with van der Waals surface area (Å²) >= 11 is 0. The average molecular weight is 518 g/mol. The van der Waals surface area contributed by atoms with Gasteiger partial charge in [0.25, 0.3) is 0 Å². The normalized spacial score (nSPS) is 12.1. The second-order valence-electron chi connectivity index (χ2n) is 7.58. The summed E-state index contributed by atoms with van der Waals surface area (Å²) in [4.78, 5) is 12.5. The van der Waals surface area contributed by atoms with Crippen LogP contribution in [-0.4, -0.2) is 25.8 Å². The zero-order valence-corrected chi connectivity index (χ0v) is 18.5. The van der Waals surface area contributed by atoms with Gasteiger partial charge in [0.05, 0.1) is 17.5 Å². The van der Waals surface area contributed by atoms with E-state index in [1.807, 2.05) is 0 Å². The van der Waals surface area contributed by atoms with Crippen LogP contribution in [0.2, 0.25) is 0 Å². The molecule has 0 spiro atoms. The molecule has 0 atom stereocenters. The van der Waals surface area contributed by atoms with Gasteiger partial charge in [-0.05, 0) is 42.0 Å². The maximum atomic E-state index is 15.0. The van der Waals surface area contributed by atoms with E-state index in [9.17, 15) is 31.1 Å². The Morgan fingerprint density at radius 2 is 1.86 bits per heavy atom. The van der Waals surface area contributed by atoms with Crippen molar-refractivity contribution in [3.8, 4) is 16.8 Å². The summed E-state index contributed by atoms with van der Waals surface area (Å²) in [6.07, 6.45) is 0.735. The van der Waals surface area contributed by atoms with Crippen molar-refractivity contribution in [1.82, 2.24) is 19.6 Å². The predicted octanol–water partition coefficient (Wildman–Crippen LogP) is 5.75. The van der Waals surface area contributed by atoms with E-state index in [1.165, 1.54) is 30.5 Å². The molecule has 0 aliphatic carbocycles. The van der Waals surface area contributed by atoms with Crippen molar-refractivity contribution in [3.05, 3.63) is 100 Å². The van der Waals surface area contributed by atoms with E-state index in [4.69, 9.17) is 5.41 Å². The van der Waals surface area contributed by atoms with E-state index in [2.05, 4.69) is 15.5 Å². The first-order valence-electron chi connectivity index (χ1n) is 10.4. The summed E-state index contributed by atoms with van der Waals surface area (Å²) in [5.41, 5.74) is -1.54. The number of allylic oxidation sites excluding steroid dienone is 1. The topological polar surface area (TPSA) is 88.6 Å². The Morgan fingerprint density at radius 3 is 2.51 bits per heavy atom. The molecular formula is C24H16F6N6O. The number of hydrogen-bond donors (Lipinski definition) is 2. The first-order valence-corrected chi connectivity index (χ1v) is 10.4. The lowest BCUT2D eigenvalue weighted by Gasteiger charge is -2.14. The highest BCUT2D eigenvalue weighted by molar-refractivity contribution is 5.87. The molecule has 7 nitrogen and oxygen atoms in total. The first kappa shape index (κ1) is 25.4. The van der Waals surface area contributed by atoms with E-state index in [0.29, 0.717) is 4.68 Å². The molecule has 0 bridgehead atoms. The van der Waals surface area contributed by atoms with Gasteiger partial charge in [-0.25, -0.2) is 13.8 Å². The highest BCUT2D eigenvalue weighted by Gasteiger charge is 2.30. The third kappa shape index (κ3) is 5.60. The molecule has 0 unspecified atom stereocenters. The van der Waals surface area contributed by atoms with E-state index >= 15 is 0 Å². The Morgan fingerprint density at radius 1 is 1.08 bits per heavy atom. The SMILES string of the molecule is N=C/C=C(\Nc1cccc(C(F)(F)F)c1)c1nn(-c2ccc(-c3cnn(C(F)F)c3)cc2F)ccc1=O. The van der Waals surface area contributed by atoms with Gasteiger partial charge in [0.15, 0.2) is 5.69 Å². The quantitative estimate of drug-likeness (QED) is 0.241. The number of rotatable bonds is 7. The van der Waals surface area contributed by atoms with Crippen LogP contribution >= 0.6 is 0 Å². The Kier molecular flexibility index (Phi) is 6.96. The van der Waals surface area contributed by atoms with Gasteiger partial charge in [0.2, 0.25) is 5.43 Å². The molecule has 2 heterocycles. The number of nitrogens with zero attached hydrogens (tertiary/aromatic N) is 4. The monoisotopic (exact) mass is 518 g/mol. The van der Waals surface area contributed by atoms with Gasteiger partial charge >= 0.3 is 12.7 Å². The van der Waals surface area contributed by atoms with Crippen LogP contribution in [0.25, 0.3) is 22.5 Å². The molecule has 0 aliphatic heterocycles. The number of benzene rings is 2. The van der Waals surface area contributed by atoms with Crippen LogP contribution in [0.3, 0.4) is 0 Å². The number of hydrogen-bond acceptors (Lipinski definition) is 5. The zero-order chi connectivity index (χ0) is 26.7. The van der Waals surface area contributed by atoms with E-state index in [0.717, 1.165) is 53.6 Å². The fraction of sp³-hybridized carbons (Fsp3) is 0.0833. The first-order chi connectivity index (χ1) is 17.6. The fourth-order valence-electron chi connectivity index (χ4n) is 3.39. The van der Waals surface area contributed by atoms with Crippen molar-refractivity contribution >= 4 is 17.6 Å². The standard InChI is InChI=1S/C24H16F6N6O/c25-18-10-14(15-12-32-36(13-15)23(26)27)4-5-20(18)35-9-7-21(37)22(34-35)19(6-8-31)33-17-3-1-2-16(11-17)24(28,29)30/h1-13,23,31,33H/b19-6-,31-8?. The largest absolute Gasteiger partial charge is 0.416 e. The molecular weight excluding hydrogens is 502 g/mol. The van der Waals surface area contributed by atoms with Crippen LogP contribution in [0, 0.1) is 11.2 Å². The highest BCUT2D eigenvalue weighted by atomic mass is 19.4. The van der Waals surface area contributed by atoms with Crippen molar-refractivity contribution in [1.29, 1.82) is 5.41 Å². The molecule has 2 aromatic heterocycles. The lowest BCUT2D eigenvalue weighted by molar-refractivity contribution is -0.137. The molecule has 37 heavy (non-hydrogen) atoms. The van der Waals surface area contributed by atoms with Crippen molar-refractivity contribution in [2.75, 3.05) is 5.32 Å². The van der Waals surface area contributed by atoms with Gasteiger partial charge in [0.1, 0.15) is 11.5 Å². The van der Waals surface area contributed by atoms with Gasteiger partial charge < -0.3 is 10.7 Å². The van der Waals surface area contributed by atoms with Gasteiger partial charge in [0, 0.05) is 35.9 Å². The third-order valence-electron chi connectivity index (χ3n) is 5.11. The number of aromatic nitrogens is 4. The third-order valence-corrected chi connectivity index (χ3v) is 5.11. The van der Waals surface area contributed by atoms with Crippen molar-refractivity contribution in [2.24, 2.45) is 0 Å². The molecule has 13 heteroatoms. The van der Waals surface area contributed by atoms with Crippen LogP contribution in [0.1, 0.15) is 17.8 Å². The maximum absolute atomic E-state index is 15.0. The van der Waals surface area contributed by atoms with Crippen LogP contribution in [0.4, 0.5) is 32.0 Å². The van der Waals surface area contributed by atoms with Crippen LogP contribution in [0.5, 0.6) is 0 Å². The second-order valence-corrected chi connectivity index (χ2v) is 7.58. The minimum atomic E-state index is -4.59. The van der Waals surface area contributed by atoms with Crippen molar-refractivity contribution < 1.29 is 26.3 Å². The summed E-state index contributed by atoms with van der Waals surface area (Å²) in [7, 11) is 0. The summed E-state index contributed by atoms with van der Waals surface area (Å²) < 4.78 is 81.2. The van der Waals surface area contributed by atoms with Gasteiger partial charge in [-0.1, -0.05) is 12.1 Å². The number of alkyl halides is 5. The van der Waals surface area contributed by atoms with Gasteiger partial charge in [-0.2, -0.15) is 32.1 Å². The molecule has 190 valence electrons. The van der Waals surface area contributed by atoms with Crippen molar-refractivity contribution in [2.45, 2.75) is 12.7 Å². The number of anilines is 1. The van der Waals surface area contributed by atoms with Crippen LogP contribution in [0.15, 0.2) is 78.0 Å². The van der Waals surface area contributed by atoms with Crippen LogP contribution in [-0.2, 0) is 6.18 Å². The molecule has 0 radical (unpaired) electrons. The fourth-order valence-corrected chi connectivity index (χ4v) is 3.39. The van der Waals surface area contributed by atoms with Crippen LogP contribution < -0.4 is 10.7 Å². The Bertz CT molecular complexity index is 1540. The molecule has 2 N–H and O–H groups in total. The Labute approximate surface area is 204 Å². The number of halogens is 6. The molecule has 0 aliphatic rings. The molecule has 0 saturated carbocycles. The Hall–Kier alpha value is -4.68. The minimum Gasteiger partial charge on any atom is -0.354 e. The zero-order valence-electron chi connectivity index (χ0n) is 18.5. The molecule has 2 aromatic carbocycles. The van der Waals surface area contributed by atoms with Crippen molar-refractivity contribution in [3.63, 3.8) is 0 Å². The summed E-state index contributed by atoms with van der Waals surface area (Å²) in [5.74, 6) is -0.798. The summed E-state index contributed by atoms with van der Waals surface area (Å²) in [6.45, 7) is -2.85. The maximum Gasteiger partial charge on any atom is 0.416 e. The average Bonchev–Trinajstić information content (AvgIpc) is 3.35. The highest BCUT2D eigenvalue weighted by Crippen LogP contribution is 2.31. The molecule has 0 saturated heterocycles. The van der Waals surface area contributed by atoms with Gasteiger partial charge in [-0.3, -0.25) is 4.79 Å². The predicted molar refractivity (Wildman–Crippen MR) is 124 cm³/mol. The lowest BCUT2D eigenvalue weighted by Crippen LogP contribution is -2.19. The minimum absolute atomic E-state index is 0.0144. The number of nitrogens with one attached hydrogen (secondary N) is 2. The Balaban J connectivity index is 1.69. The second kappa shape index (κ2) is 10.1. The molecule has 4 aromatic rings.